The fraction of sp³-hybridized carbons (Fsp3) is 0.333. The van der Waals surface area contributed by atoms with Gasteiger partial charge in [-0.15, -0.1) is 0 Å². The van der Waals surface area contributed by atoms with Crippen molar-refractivity contribution in [2.75, 3.05) is 0 Å². The van der Waals surface area contributed by atoms with E-state index in [4.69, 9.17) is 11.6 Å². The standard InChI is InChI=1S/C30H29ClF2N6O2/c1-17-11-19-12-22(15-35-28(19)37(17)2)39-25-6-4-3-5-24(25)38(30(39)41)16-18-7-9-21(10-8-18)36-29(40)23-13-20(31)14-34-26(23)27(32)33/h3-6,11-15,18,21,27H,7-10,16H2,1-2H3,(H,36,40)/t18-,21-. The third-order valence-corrected chi connectivity index (χ3v) is 8.35. The number of nitrogens with zero attached hydrogens (tertiary/aromatic N) is 5. The predicted molar refractivity (Wildman–Crippen MR) is 154 cm³/mol. The fourth-order valence-electron chi connectivity index (χ4n) is 5.91. The highest BCUT2D eigenvalue weighted by Gasteiger charge is 2.27. The van der Waals surface area contributed by atoms with Crippen molar-refractivity contribution in [3.05, 3.63) is 87.3 Å². The van der Waals surface area contributed by atoms with Crippen molar-refractivity contribution >= 4 is 39.6 Å². The summed E-state index contributed by atoms with van der Waals surface area (Å²) in [6.45, 7) is 2.57. The van der Waals surface area contributed by atoms with Crippen LogP contribution >= 0.6 is 11.6 Å². The lowest BCUT2D eigenvalue weighted by Gasteiger charge is -2.29. The number of benzene rings is 1. The number of nitrogens with one attached hydrogen (secondary N) is 1. The maximum atomic E-state index is 13.8. The van der Waals surface area contributed by atoms with Crippen LogP contribution in [0.1, 0.15) is 53.9 Å². The van der Waals surface area contributed by atoms with Crippen LogP contribution in [0.25, 0.3) is 27.8 Å². The highest BCUT2D eigenvalue weighted by molar-refractivity contribution is 6.30. The molecule has 1 N–H and O–H groups in total. The molecule has 0 radical (unpaired) electrons. The monoisotopic (exact) mass is 578 g/mol. The number of aromatic nitrogens is 5. The van der Waals surface area contributed by atoms with Crippen LogP contribution in [-0.4, -0.2) is 35.6 Å². The largest absolute Gasteiger partial charge is 0.349 e. The Bertz CT molecular complexity index is 1830. The van der Waals surface area contributed by atoms with E-state index < -0.39 is 18.0 Å². The Hall–Kier alpha value is -4.05. The fourth-order valence-corrected chi connectivity index (χ4v) is 6.07. The van der Waals surface area contributed by atoms with Crippen molar-refractivity contribution in [3.8, 4) is 5.69 Å². The topological polar surface area (TPSA) is 86.7 Å². The van der Waals surface area contributed by atoms with Crippen LogP contribution in [0.15, 0.2) is 59.7 Å². The quantitative estimate of drug-likeness (QED) is 0.269. The number of amides is 1. The van der Waals surface area contributed by atoms with Gasteiger partial charge < -0.3 is 9.88 Å². The lowest BCUT2D eigenvalue weighted by atomic mass is 9.85. The zero-order chi connectivity index (χ0) is 28.8. The van der Waals surface area contributed by atoms with E-state index >= 15 is 0 Å². The van der Waals surface area contributed by atoms with E-state index in [-0.39, 0.29) is 28.2 Å². The normalized spacial score (nSPS) is 17.5. The van der Waals surface area contributed by atoms with E-state index in [1.54, 1.807) is 10.8 Å². The Kier molecular flexibility index (Phi) is 7.11. The molecule has 4 heterocycles. The molecule has 41 heavy (non-hydrogen) atoms. The molecule has 6 rings (SSSR count). The molecule has 5 aromatic rings. The second-order valence-corrected chi connectivity index (χ2v) is 11.2. The number of pyridine rings is 2. The van der Waals surface area contributed by atoms with Gasteiger partial charge in [0.1, 0.15) is 11.3 Å². The molecule has 1 amide bonds. The van der Waals surface area contributed by atoms with Crippen molar-refractivity contribution in [1.29, 1.82) is 0 Å². The number of para-hydroxylation sites is 2. The molecule has 0 spiro atoms. The molecule has 0 bridgehead atoms. The summed E-state index contributed by atoms with van der Waals surface area (Å²) in [5, 5.41) is 3.98. The minimum atomic E-state index is -2.88. The maximum Gasteiger partial charge on any atom is 0.333 e. The lowest BCUT2D eigenvalue weighted by Crippen LogP contribution is -2.39. The van der Waals surface area contributed by atoms with Gasteiger partial charge in [-0.3, -0.25) is 18.9 Å². The smallest absolute Gasteiger partial charge is 0.333 e. The molecule has 1 aliphatic rings. The average molecular weight is 579 g/mol. The molecule has 8 nitrogen and oxygen atoms in total. The summed E-state index contributed by atoms with van der Waals surface area (Å²) in [6, 6.07) is 12.9. The van der Waals surface area contributed by atoms with Gasteiger partial charge in [0.15, 0.2) is 0 Å². The Balaban J connectivity index is 1.20. The van der Waals surface area contributed by atoms with Crippen LogP contribution in [-0.2, 0) is 13.6 Å². The first-order valence-corrected chi connectivity index (χ1v) is 14.0. The summed E-state index contributed by atoms with van der Waals surface area (Å²) in [5.74, 6) is -0.376. The first-order valence-electron chi connectivity index (χ1n) is 13.6. The molecule has 1 aliphatic carbocycles. The summed E-state index contributed by atoms with van der Waals surface area (Å²) in [4.78, 5) is 34.9. The van der Waals surface area contributed by atoms with Gasteiger partial charge in [0.25, 0.3) is 12.3 Å². The van der Waals surface area contributed by atoms with Crippen molar-refractivity contribution in [1.82, 2.24) is 29.0 Å². The molecule has 1 fully saturated rings. The highest BCUT2D eigenvalue weighted by atomic mass is 35.5. The number of alkyl halides is 2. The highest BCUT2D eigenvalue weighted by Crippen LogP contribution is 2.29. The number of carbonyl (C=O) groups is 1. The number of rotatable bonds is 6. The number of imidazole rings is 1. The zero-order valence-electron chi connectivity index (χ0n) is 22.7. The molecule has 4 aromatic heterocycles. The van der Waals surface area contributed by atoms with Crippen LogP contribution in [0.2, 0.25) is 5.02 Å². The van der Waals surface area contributed by atoms with Gasteiger partial charge in [-0.05, 0) is 68.9 Å². The first kappa shape index (κ1) is 27.1. The average Bonchev–Trinajstić information content (AvgIpc) is 3.40. The van der Waals surface area contributed by atoms with E-state index in [0.29, 0.717) is 25.1 Å². The molecule has 11 heteroatoms. The second kappa shape index (κ2) is 10.7. The number of fused-ring (bicyclic) bond motifs is 2. The van der Waals surface area contributed by atoms with E-state index in [1.807, 2.05) is 53.4 Å². The van der Waals surface area contributed by atoms with Crippen LogP contribution in [0.5, 0.6) is 0 Å². The summed E-state index contributed by atoms with van der Waals surface area (Å²) >= 11 is 5.91. The Morgan fingerprint density at radius 3 is 2.54 bits per heavy atom. The van der Waals surface area contributed by atoms with Gasteiger partial charge >= 0.3 is 5.69 Å². The molecular formula is C30H29ClF2N6O2. The third-order valence-electron chi connectivity index (χ3n) is 8.14. The molecule has 0 saturated heterocycles. The Labute approximate surface area is 239 Å². The first-order chi connectivity index (χ1) is 19.7. The summed E-state index contributed by atoms with van der Waals surface area (Å²) < 4.78 is 32.3. The number of halogens is 3. The van der Waals surface area contributed by atoms with Gasteiger partial charge in [0.05, 0.1) is 33.5 Å². The summed E-state index contributed by atoms with van der Waals surface area (Å²) in [6.07, 6.45) is 2.89. The van der Waals surface area contributed by atoms with E-state index in [9.17, 15) is 18.4 Å². The molecule has 1 aromatic carbocycles. The Morgan fingerprint density at radius 1 is 1.07 bits per heavy atom. The van der Waals surface area contributed by atoms with Crippen LogP contribution in [0, 0.1) is 12.8 Å². The number of aryl methyl sites for hydroxylation is 2. The summed E-state index contributed by atoms with van der Waals surface area (Å²) in [5.41, 5.74) is 3.44. The number of carbonyl (C=O) groups excluding carboxylic acids is 1. The van der Waals surface area contributed by atoms with Gasteiger partial charge in [0.2, 0.25) is 0 Å². The SMILES string of the molecule is Cc1cc2cc(-n3c(=O)n(C[C@H]4CC[C@H](NC(=O)c5cc(Cl)cnc5C(F)F)CC4)c4ccccc43)cnc2n1C. The molecule has 1 saturated carbocycles. The molecular weight excluding hydrogens is 550 g/mol. The number of hydrogen-bond donors (Lipinski definition) is 1. The molecule has 0 aliphatic heterocycles. The van der Waals surface area contributed by atoms with E-state index in [2.05, 4.69) is 21.4 Å². The second-order valence-electron chi connectivity index (χ2n) is 10.7. The van der Waals surface area contributed by atoms with Crippen molar-refractivity contribution in [2.45, 2.75) is 51.6 Å². The van der Waals surface area contributed by atoms with E-state index in [0.717, 1.165) is 46.8 Å². The minimum absolute atomic E-state index is 0.122. The molecule has 0 unspecified atom stereocenters. The van der Waals surface area contributed by atoms with Gasteiger partial charge in [-0.25, -0.2) is 18.6 Å². The van der Waals surface area contributed by atoms with Crippen molar-refractivity contribution in [2.24, 2.45) is 13.0 Å². The van der Waals surface area contributed by atoms with Crippen molar-refractivity contribution in [3.63, 3.8) is 0 Å². The summed E-state index contributed by atoms with van der Waals surface area (Å²) in [7, 11) is 1.97. The Morgan fingerprint density at radius 2 is 1.80 bits per heavy atom. The molecule has 212 valence electrons. The van der Waals surface area contributed by atoms with Crippen LogP contribution in [0.3, 0.4) is 0 Å². The van der Waals surface area contributed by atoms with Crippen molar-refractivity contribution < 1.29 is 13.6 Å². The lowest BCUT2D eigenvalue weighted by molar-refractivity contribution is 0.0904. The zero-order valence-corrected chi connectivity index (χ0v) is 23.4. The maximum absolute atomic E-state index is 13.8. The van der Waals surface area contributed by atoms with Crippen LogP contribution in [0.4, 0.5) is 8.78 Å². The minimum Gasteiger partial charge on any atom is -0.349 e. The third kappa shape index (κ3) is 5.01. The van der Waals surface area contributed by atoms with Gasteiger partial charge in [0, 0.05) is 36.9 Å². The van der Waals surface area contributed by atoms with Crippen LogP contribution < -0.4 is 11.0 Å². The van der Waals surface area contributed by atoms with E-state index in [1.165, 1.54) is 6.07 Å². The van der Waals surface area contributed by atoms with Gasteiger partial charge in [-0.2, -0.15) is 0 Å². The molecule has 0 atom stereocenters. The number of hydrogen-bond acceptors (Lipinski definition) is 4. The predicted octanol–water partition coefficient (Wildman–Crippen LogP) is 5.96. The van der Waals surface area contributed by atoms with Gasteiger partial charge in [-0.1, -0.05) is 23.7 Å².